The number of carbonyl (C=O) groups excluding carboxylic acids is 1. The molecule has 0 saturated heterocycles. The van der Waals surface area contributed by atoms with Gasteiger partial charge in [-0.1, -0.05) is 31.5 Å². The van der Waals surface area contributed by atoms with Crippen molar-refractivity contribution in [2.24, 2.45) is 11.1 Å². The first-order valence-corrected chi connectivity index (χ1v) is 6.63. The maximum atomic E-state index is 13.8. The minimum absolute atomic E-state index is 0.0705. The van der Waals surface area contributed by atoms with Crippen LogP contribution in [0.3, 0.4) is 0 Å². The van der Waals surface area contributed by atoms with Crippen LogP contribution >= 0.6 is 11.6 Å². The van der Waals surface area contributed by atoms with E-state index < -0.39 is 11.7 Å². The second kappa shape index (κ2) is 6.35. The number of rotatable bonds is 5. The summed E-state index contributed by atoms with van der Waals surface area (Å²) in [6.45, 7) is 7.16. The summed E-state index contributed by atoms with van der Waals surface area (Å²) in [4.78, 5) is 13.9. The van der Waals surface area contributed by atoms with Gasteiger partial charge in [-0.05, 0) is 31.0 Å². The number of nitrogens with zero attached hydrogens (tertiary/aromatic N) is 1. The lowest BCUT2D eigenvalue weighted by molar-refractivity contribution is 0.0696. The van der Waals surface area contributed by atoms with E-state index in [0.717, 1.165) is 0 Å². The molecule has 106 valence electrons. The predicted molar refractivity (Wildman–Crippen MR) is 75.8 cm³/mol. The minimum Gasteiger partial charge on any atom is -0.338 e. The Bertz CT molecular complexity index is 443. The summed E-state index contributed by atoms with van der Waals surface area (Å²) in [5, 5.41) is 0.133. The van der Waals surface area contributed by atoms with E-state index in [1.54, 1.807) is 4.90 Å². The number of carbonyl (C=O) groups is 1. The highest BCUT2D eigenvalue weighted by atomic mass is 35.5. The zero-order valence-electron chi connectivity index (χ0n) is 11.5. The first-order valence-electron chi connectivity index (χ1n) is 6.25. The summed E-state index contributed by atoms with van der Waals surface area (Å²) in [5.74, 6) is -0.992. The van der Waals surface area contributed by atoms with E-state index in [9.17, 15) is 9.18 Å². The predicted octanol–water partition coefficient (Wildman–Crippen LogP) is 2.93. The van der Waals surface area contributed by atoms with E-state index in [1.165, 1.54) is 18.2 Å². The molecule has 0 heterocycles. The van der Waals surface area contributed by atoms with Crippen LogP contribution in [-0.2, 0) is 0 Å². The standard InChI is InChI=1S/C14H20ClFN2O/c1-4-18(9-14(2,3)8-17)13(19)12-10(15)6-5-7-11(12)16/h5-7H,4,8-9,17H2,1-3H3. The van der Waals surface area contributed by atoms with Crippen LogP contribution in [0, 0.1) is 11.2 Å². The molecule has 0 saturated carbocycles. The molecule has 1 aromatic rings. The lowest BCUT2D eigenvalue weighted by Gasteiger charge is -2.31. The normalized spacial score (nSPS) is 11.5. The van der Waals surface area contributed by atoms with Gasteiger partial charge in [0.2, 0.25) is 0 Å². The third kappa shape index (κ3) is 3.91. The molecule has 2 N–H and O–H groups in total. The Labute approximate surface area is 118 Å². The van der Waals surface area contributed by atoms with Gasteiger partial charge >= 0.3 is 0 Å². The first-order chi connectivity index (χ1) is 8.82. The molecule has 0 aromatic heterocycles. The van der Waals surface area contributed by atoms with E-state index in [2.05, 4.69) is 0 Å². The van der Waals surface area contributed by atoms with Crippen LogP contribution in [0.15, 0.2) is 18.2 Å². The number of amides is 1. The first kappa shape index (κ1) is 15.9. The molecular formula is C14H20ClFN2O. The molecule has 19 heavy (non-hydrogen) atoms. The SMILES string of the molecule is CCN(CC(C)(C)CN)C(=O)c1c(F)cccc1Cl. The van der Waals surface area contributed by atoms with Crippen molar-refractivity contribution in [2.45, 2.75) is 20.8 Å². The molecule has 1 rings (SSSR count). The summed E-state index contributed by atoms with van der Waals surface area (Å²) < 4.78 is 13.8. The van der Waals surface area contributed by atoms with Crippen molar-refractivity contribution in [3.63, 3.8) is 0 Å². The number of halogens is 2. The number of hydrogen-bond donors (Lipinski definition) is 1. The lowest BCUT2D eigenvalue weighted by atomic mass is 9.93. The van der Waals surface area contributed by atoms with Crippen LogP contribution in [0.1, 0.15) is 31.1 Å². The van der Waals surface area contributed by atoms with Gasteiger partial charge in [0.05, 0.1) is 10.6 Å². The molecule has 5 heteroatoms. The fraction of sp³-hybridized carbons (Fsp3) is 0.500. The van der Waals surface area contributed by atoms with Crippen LogP contribution in [0.5, 0.6) is 0 Å². The van der Waals surface area contributed by atoms with Crippen LogP contribution < -0.4 is 5.73 Å². The second-order valence-electron chi connectivity index (χ2n) is 5.28. The van der Waals surface area contributed by atoms with Crippen molar-refractivity contribution >= 4 is 17.5 Å². The van der Waals surface area contributed by atoms with E-state index in [-0.39, 0.29) is 16.0 Å². The Morgan fingerprint density at radius 1 is 1.47 bits per heavy atom. The molecule has 3 nitrogen and oxygen atoms in total. The summed E-state index contributed by atoms with van der Waals surface area (Å²) in [6.07, 6.45) is 0. The maximum absolute atomic E-state index is 13.8. The fourth-order valence-electron chi connectivity index (χ4n) is 1.77. The van der Waals surface area contributed by atoms with Gasteiger partial charge in [0.25, 0.3) is 5.91 Å². The monoisotopic (exact) mass is 286 g/mol. The van der Waals surface area contributed by atoms with E-state index in [4.69, 9.17) is 17.3 Å². The average Bonchev–Trinajstić information content (AvgIpc) is 2.35. The van der Waals surface area contributed by atoms with Crippen LogP contribution in [-0.4, -0.2) is 30.4 Å². The van der Waals surface area contributed by atoms with Crippen LogP contribution in [0.4, 0.5) is 4.39 Å². The Morgan fingerprint density at radius 3 is 2.58 bits per heavy atom. The molecular weight excluding hydrogens is 267 g/mol. The van der Waals surface area contributed by atoms with Crippen molar-refractivity contribution in [1.82, 2.24) is 4.90 Å². The molecule has 0 radical (unpaired) electrons. The summed E-state index contributed by atoms with van der Waals surface area (Å²) >= 11 is 5.92. The van der Waals surface area contributed by atoms with Crippen molar-refractivity contribution in [3.05, 3.63) is 34.6 Å². The third-order valence-electron chi connectivity index (χ3n) is 3.02. The number of hydrogen-bond acceptors (Lipinski definition) is 2. The summed E-state index contributed by atoms with van der Waals surface area (Å²) in [7, 11) is 0. The molecule has 0 unspecified atom stereocenters. The summed E-state index contributed by atoms with van der Waals surface area (Å²) in [6, 6.07) is 4.23. The van der Waals surface area contributed by atoms with Gasteiger partial charge in [-0.2, -0.15) is 0 Å². The van der Waals surface area contributed by atoms with E-state index >= 15 is 0 Å². The zero-order chi connectivity index (χ0) is 14.6. The number of benzene rings is 1. The third-order valence-corrected chi connectivity index (χ3v) is 3.33. The summed E-state index contributed by atoms with van der Waals surface area (Å²) in [5.41, 5.74) is 5.38. The van der Waals surface area contributed by atoms with Crippen molar-refractivity contribution in [2.75, 3.05) is 19.6 Å². The van der Waals surface area contributed by atoms with Gasteiger partial charge in [-0.15, -0.1) is 0 Å². The van der Waals surface area contributed by atoms with Gasteiger partial charge in [0.1, 0.15) is 5.82 Å². The minimum atomic E-state index is -0.596. The largest absolute Gasteiger partial charge is 0.338 e. The molecule has 0 atom stereocenters. The van der Waals surface area contributed by atoms with Gasteiger partial charge in [-0.3, -0.25) is 4.79 Å². The molecule has 0 spiro atoms. The van der Waals surface area contributed by atoms with Gasteiger partial charge in [-0.25, -0.2) is 4.39 Å². The molecule has 0 bridgehead atoms. The molecule has 1 aromatic carbocycles. The van der Waals surface area contributed by atoms with Crippen molar-refractivity contribution < 1.29 is 9.18 Å². The highest BCUT2D eigenvalue weighted by molar-refractivity contribution is 6.33. The Morgan fingerprint density at radius 2 is 2.11 bits per heavy atom. The molecule has 0 aliphatic carbocycles. The quantitative estimate of drug-likeness (QED) is 0.905. The Kier molecular flexibility index (Phi) is 5.32. The molecule has 0 aliphatic heterocycles. The molecule has 1 amide bonds. The van der Waals surface area contributed by atoms with E-state index in [0.29, 0.717) is 19.6 Å². The number of nitrogens with two attached hydrogens (primary N) is 1. The van der Waals surface area contributed by atoms with Gasteiger partial charge < -0.3 is 10.6 Å². The second-order valence-corrected chi connectivity index (χ2v) is 5.69. The van der Waals surface area contributed by atoms with Gasteiger partial charge in [0, 0.05) is 13.1 Å². The Balaban J connectivity index is 3.03. The van der Waals surface area contributed by atoms with Crippen LogP contribution in [0.25, 0.3) is 0 Å². The zero-order valence-corrected chi connectivity index (χ0v) is 12.3. The van der Waals surface area contributed by atoms with E-state index in [1.807, 2.05) is 20.8 Å². The average molecular weight is 287 g/mol. The maximum Gasteiger partial charge on any atom is 0.258 e. The fourth-order valence-corrected chi connectivity index (χ4v) is 2.01. The highest BCUT2D eigenvalue weighted by Gasteiger charge is 2.26. The smallest absolute Gasteiger partial charge is 0.258 e. The van der Waals surface area contributed by atoms with Gasteiger partial charge in [0.15, 0.2) is 0 Å². The van der Waals surface area contributed by atoms with Crippen LogP contribution in [0.2, 0.25) is 5.02 Å². The molecule has 0 fully saturated rings. The molecule has 0 aliphatic rings. The van der Waals surface area contributed by atoms with Crippen molar-refractivity contribution in [1.29, 1.82) is 0 Å². The lowest BCUT2D eigenvalue weighted by Crippen LogP contribution is -2.42. The Hall–Kier alpha value is -1.13. The van der Waals surface area contributed by atoms with Crippen molar-refractivity contribution in [3.8, 4) is 0 Å². The topological polar surface area (TPSA) is 46.3 Å². The highest BCUT2D eigenvalue weighted by Crippen LogP contribution is 2.23.